The van der Waals surface area contributed by atoms with Gasteiger partial charge in [-0.05, 0) is 25.1 Å². The summed E-state index contributed by atoms with van der Waals surface area (Å²) in [4.78, 5) is 11.6. The quantitative estimate of drug-likeness (QED) is 0.684. The third kappa shape index (κ3) is 5.65. The Hall–Kier alpha value is -1.59. The molecule has 2 N–H and O–H groups in total. The molecule has 1 rings (SSSR count). The van der Waals surface area contributed by atoms with Crippen LogP contribution in [-0.2, 0) is 9.53 Å². The summed E-state index contributed by atoms with van der Waals surface area (Å²) in [5.74, 6) is 0.654. The zero-order chi connectivity index (χ0) is 13.2. The molecule has 0 saturated heterocycles. The molecule has 0 spiro atoms. The smallest absolute Gasteiger partial charge is 0.238 e. The molecule has 0 bridgehead atoms. The number of hydrogen-bond donors (Lipinski definition) is 2. The van der Waals surface area contributed by atoms with Gasteiger partial charge in [0, 0.05) is 25.5 Å². The van der Waals surface area contributed by atoms with Gasteiger partial charge in [0.1, 0.15) is 5.75 Å². The van der Waals surface area contributed by atoms with Gasteiger partial charge in [0.05, 0.1) is 13.7 Å². The molecule has 0 aliphatic heterocycles. The fourth-order valence-electron chi connectivity index (χ4n) is 1.45. The second kappa shape index (κ2) is 8.49. The van der Waals surface area contributed by atoms with Crippen molar-refractivity contribution in [2.75, 3.05) is 39.2 Å². The third-order valence-corrected chi connectivity index (χ3v) is 2.34. The Bertz CT molecular complexity index is 369. The van der Waals surface area contributed by atoms with Crippen LogP contribution < -0.4 is 15.4 Å². The number of methoxy groups -OCH3 is 2. The van der Waals surface area contributed by atoms with E-state index in [0.29, 0.717) is 13.2 Å². The van der Waals surface area contributed by atoms with Gasteiger partial charge in [-0.25, -0.2) is 0 Å². The highest BCUT2D eigenvalue weighted by atomic mass is 16.5. The molecule has 0 heterocycles. The molecular weight excluding hydrogens is 232 g/mol. The van der Waals surface area contributed by atoms with Crippen LogP contribution in [0.1, 0.15) is 6.42 Å². The van der Waals surface area contributed by atoms with Gasteiger partial charge in [-0.3, -0.25) is 4.79 Å². The molecule has 0 fully saturated rings. The molecule has 1 aromatic carbocycles. The molecule has 100 valence electrons. The van der Waals surface area contributed by atoms with Crippen molar-refractivity contribution in [1.82, 2.24) is 5.32 Å². The summed E-state index contributed by atoms with van der Waals surface area (Å²) in [6.45, 7) is 1.75. The second-order valence-electron chi connectivity index (χ2n) is 3.80. The SMILES string of the molecule is COCCCNCC(=O)Nc1cccc(OC)c1. The Balaban J connectivity index is 2.26. The summed E-state index contributed by atoms with van der Waals surface area (Å²) in [5.41, 5.74) is 0.734. The number of ether oxygens (including phenoxy) is 2. The van der Waals surface area contributed by atoms with Crippen molar-refractivity contribution in [3.05, 3.63) is 24.3 Å². The lowest BCUT2D eigenvalue weighted by Crippen LogP contribution is -2.29. The molecule has 0 atom stereocenters. The standard InChI is InChI=1S/C13H20N2O3/c1-17-8-4-7-14-10-13(16)15-11-5-3-6-12(9-11)18-2/h3,5-6,9,14H,4,7-8,10H2,1-2H3,(H,15,16). The first kappa shape index (κ1) is 14.5. The molecule has 0 saturated carbocycles. The van der Waals surface area contributed by atoms with Crippen molar-refractivity contribution in [1.29, 1.82) is 0 Å². The van der Waals surface area contributed by atoms with Crippen LogP contribution in [0, 0.1) is 0 Å². The molecule has 0 aliphatic rings. The van der Waals surface area contributed by atoms with Crippen LogP contribution in [0.4, 0.5) is 5.69 Å². The van der Waals surface area contributed by atoms with Gasteiger partial charge in [0.2, 0.25) is 5.91 Å². The highest BCUT2D eigenvalue weighted by Crippen LogP contribution is 2.16. The monoisotopic (exact) mass is 252 g/mol. The Morgan fingerprint density at radius 3 is 2.89 bits per heavy atom. The van der Waals surface area contributed by atoms with E-state index in [1.54, 1.807) is 20.3 Å². The zero-order valence-corrected chi connectivity index (χ0v) is 10.9. The van der Waals surface area contributed by atoms with Crippen molar-refractivity contribution >= 4 is 11.6 Å². The maximum absolute atomic E-state index is 11.6. The highest BCUT2D eigenvalue weighted by Gasteiger charge is 2.02. The summed E-state index contributed by atoms with van der Waals surface area (Å²) >= 11 is 0. The molecule has 0 aromatic heterocycles. The lowest BCUT2D eigenvalue weighted by Gasteiger charge is -2.07. The first-order valence-electron chi connectivity index (χ1n) is 5.90. The highest BCUT2D eigenvalue weighted by molar-refractivity contribution is 5.92. The third-order valence-electron chi connectivity index (χ3n) is 2.34. The largest absolute Gasteiger partial charge is 0.497 e. The first-order chi connectivity index (χ1) is 8.76. The number of carbonyl (C=O) groups excluding carboxylic acids is 1. The maximum Gasteiger partial charge on any atom is 0.238 e. The van der Waals surface area contributed by atoms with Crippen LogP contribution in [0.2, 0.25) is 0 Å². The summed E-state index contributed by atoms with van der Waals surface area (Å²) in [6.07, 6.45) is 0.892. The molecule has 5 nitrogen and oxygen atoms in total. The van der Waals surface area contributed by atoms with Gasteiger partial charge in [-0.1, -0.05) is 6.07 Å². The first-order valence-corrected chi connectivity index (χ1v) is 5.90. The van der Waals surface area contributed by atoms with Gasteiger partial charge in [0.25, 0.3) is 0 Å². The number of carbonyl (C=O) groups is 1. The molecule has 1 aromatic rings. The molecule has 0 unspecified atom stereocenters. The van der Waals surface area contributed by atoms with Gasteiger partial charge >= 0.3 is 0 Å². The van der Waals surface area contributed by atoms with E-state index in [-0.39, 0.29) is 5.91 Å². The van der Waals surface area contributed by atoms with Gasteiger partial charge in [-0.2, -0.15) is 0 Å². The number of anilines is 1. The number of nitrogens with one attached hydrogen (secondary N) is 2. The number of amides is 1. The summed E-state index contributed by atoms with van der Waals surface area (Å²) in [7, 11) is 3.26. The van der Waals surface area contributed by atoms with E-state index in [1.165, 1.54) is 0 Å². The fourth-order valence-corrected chi connectivity index (χ4v) is 1.45. The van der Waals surface area contributed by atoms with Crippen molar-refractivity contribution in [2.45, 2.75) is 6.42 Å². The predicted octanol–water partition coefficient (Wildman–Crippen LogP) is 1.26. The molecule has 0 radical (unpaired) electrons. The van der Waals surface area contributed by atoms with Crippen LogP contribution in [0.15, 0.2) is 24.3 Å². The number of rotatable bonds is 8. The normalized spacial score (nSPS) is 10.1. The lowest BCUT2D eigenvalue weighted by molar-refractivity contribution is -0.115. The summed E-state index contributed by atoms with van der Waals surface area (Å²) < 4.78 is 10.00. The molecule has 5 heteroatoms. The average Bonchev–Trinajstić information content (AvgIpc) is 2.38. The van der Waals surface area contributed by atoms with Crippen molar-refractivity contribution in [2.24, 2.45) is 0 Å². The fraction of sp³-hybridized carbons (Fsp3) is 0.462. The van der Waals surface area contributed by atoms with Crippen LogP contribution in [0.3, 0.4) is 0 Å². The Morgan fingerprint density at radius 2 is 2.17 bits per heavy atom. The zero-order valence-electron chi connectivity index (χ0n) is 10.9. The topological polar surface area (TPSA) is 59.6 Å². The molecular formula is C13H20N2O3. The minimum Gasteiger partial charge on any atom is -0.497 e. The molecule has 18 heavy (non-hydrogen) atoms. The van der Waals surface area contributed by atoms with E-state index in [0.717, 1.165) is 24.4 Å². The van der Waals surface area contributed by atoms with Gasteiger partial charge in [0.15, 0.2) is 0 Å². The van der Waals surface area contributed by atoms with Crippen LogP contribution in [0.5, 0.6) is 5.75 Å². The number of benzene rings is 1. The Morgan fingerprint density at radius 1 is 1.33 bits per heavy atom. The van der Waals surface area contributed by atoms with E-state index in [9.17, 15) is 4.79 Å². The van der Waals surface area contributed by atoms with Crippen LogP contribution in [0.25, 0.3) is 0 Å². The minimum absolute atomic E-state index is 0.0688. The molecule has 1 amide bonds. The maximum atomic E-state index is 11.6. The molecule has 0 aliphatic carbocycles. The van der Waals surface area contributed by atoms with E-state index >= 15 is 0 Å². The van der Waals surface area contributed by atoms with Gasteiger partial charge < -0.3 is 20.1 Å². The van der Waals surface area contributed by atoms with Crippen molar-refractivity contribution in [3.63, 3.8) is 0 Å². The summed E-state index contributed by atoms with van der Waals surface area (Å²) in [6, 6.07) is 7.27. The Kier molecular flexibility index (Phi) is 6.83. The Labute approximate surface area is 107 Å². The lowest BCUT2D eigenvalue weighted by atomic mass is 10.3. The average molecular weight is 252 g/mol. The van der Waals surface area contributed by atoms with Crippen molar-refractivity contribution in [3.8, 4) is 5.75 Å². The van der Waals surface area contributed by atoms with E-state index < -0.39 is 0 Å². The van der Waals surface area contributed by atoms with E-state index in [2.05, 4.69) is 10.6 Å². The minimum atomic E-state index is -0.0688. The van der Waals surface area contributed by atoms with Crippen LogP contribution >= 0.6 is 0 Å². The van der Waals surface area contributed by atoms with E-state index in [4.69, 9.17) is 9.47 Å². The summed E-state index contributed by atoms with van der Waals surface area (Å²) in [5, 5.41) is 5.84. The number of hydrogen-bond acceptors (Lipinski definition) is 4. The second-order valence-corrected chi connectivity index (χ2v) is 3.80. The van der Waals surface area contributed by atoms with Crippen molar-refractivity contribution < 1.29 is 14.3 Å². The van der Waals surface area contributed by atoms with E-state index in [1.807, 2.05) is 18.2 Å². The van der Waals surface area contributed by atoms with Crippen LogP contribution in [-0.4, -0.2) is 39.8 Å². The predicted molar refractivity (Wildman–Crippen MR) is 71.0 cm³/mol. The van der Waals surface area contributed by atoms with Gasteiger partial charge in [-0.15, -0.1) is 0 Å².